The number of benzene rings is 3. The number of carbonyl (C=O) groups is 1. The highest BCUT2D eigenvalue weighted by Gasteiger charge is 2.09. The number of rotatable bonds is 6. The maximum Gasteiger partial charge on any atom is 0.271 e. The predicted molar refractivity (Wildman–Crippen MR) is 139 cm³/mol. The van der Waals surface area contributed by atoms with Crippen LogP contribution in [0.1, 0.15) is 27.0 Å². The number of nitrogens with zero attached hydrogens (tertiary/aromatic N) is 4. The Balaban J connectivity index is 1.34. The van der Waals surface area contributed by atoms with Crippen molar-refractivity contribution in [2.24, 2.45) is 5.10 Å². The Morgan fingerprint density at radius 3 is 2.72 bits per heavy atom. The van der Waals surface area contributed by atoms with E-state index in [0.717, 1.165) is 33.2 Å². The summed E-state index contributed by atoms with van der Waals surface area (Å²) in [5.41, 5.74) is 7.91. The van der Waals surface area contributed by atoms with Crippen molar-refractivity contribution in [3.8, 4) is 22.9 Å². The maximum absolute atomic E-state index is 12.4. The van der Waals surface area contributed by atoms with Crippen molar-refractivity contribution < 1.29 is 9.90 Å². The second kappa shape index (κ2) is 9.95. The molecule has 0 bridgehead atoms. The molecular formula is C29H21N5O2. The van der Waals surface area contributed by atoms with Crippen LogP contribution in [0.5, 0.6) is 5.75 Å². The molecule has 0 unspecified atom stereocenters. The summed E-state index contributed by atoms with van der Waals surface area (Å²) in [5.74, 6) is -0.644. The number of nitriles is 1. The van der Waals surface area contributed by atoms with Gasteiger partial charge in [-0.25, -0.2) is 5.43 Å². The van der Waals surface area contributed by atoms with Gasteiger partial charge in [0.25, 0.3) is 5.91 Å². The molecule has 0 spiro atoms. The van der Waals surface area contributed by atoms with Gasteiger partial charge in [-0.1, -0.05) is 42.5 Å². The fourth-order valence-electron chi connectivity index (χ4n) is 4.05. The fourth-order valence-corrected chi connectivity index (χ4v) is 4.05. The molecule has 36 heavy (non-hydrogen) atoms. The Kier molecular flexibility index (Phi) is 6.24. The molecule has 174 valence electrons. The van der Waals surface area contributed by atoms with Crippen molar-refractivity contribution in [2.75, 3.05) is 0 Å². The summed E-state index contributed by atoms with van der Waals surface area (Å²) in [4.78, 5) is 16.8. The number of aromatic hydroxyl groups is 1. The van der Waals surface area contributed by atoms with Gasteiger partial charge < -0.3 is 9.67 Å². The highest BCUT2D eigenvalue weighted by molar-refractivity contribution is 6.00. The molecule has 2 heterocycles. The average Bonchev–Trinajstić information content (AvgIpc) is 3.33. The molecule has 2 N–H and O–H groups in total. The van der Waals surface area contributed by atoms with Crippen molar-refractivity contribution in [1.29, 1.82) is 5.26 Å². The van der Waals surface area contributed by atoms with E-state index in [0.29, 0.717) is 6.54 Å². The minimum Gasteiger partial charge on any atom is -0.507 e. The number of carbonyl (C=O) groups excluding carboxylic acids is 1. The molecule has 0 atom stereocenters. The number of phenols is 1. The van der Waals surface area contributed by atoms with Gasteiger partial charge in [-0.3, -0.25) is 9.78 Å². The van der Waals surface area contributed by atoms with Crippen molar-refractivity contribution >= 4 is 23.0 Å². The first-order valence-corrected chi connectivity index (χ1v) is 11.3. The first-order chi connectivity index (χ1) is 17.6. The molecule has 3 aromatic carbocycles. The minimum atomic E-state index is -0.474. The summed E-state index contributed by atoms with van der Waals surface area (Å²) in [6.07, 6.45) is 7.36. The predicted octanol–water partition coefficient (Wildman–Crippen LogP) is 5.09. The molecule has 0 fully saturated rings. The molecule has 1 amide bonds. The average molecular weight is 472 g/mol. The van der Waals surface area contributed by atoms with Crippen LogP contribution in [-0.4, -0.2) is 26.8 Å². The summed E-state index contributed by atoms with van der Waals surface area (Å²) in [7, 11) is 0. The normalized spacial score (nSPS) is 11.0. The van der Waals surface area contributed by atoms with Crippen LogP contribution < -0.4 is 5.43 Å². The topological polar surface area (TPSA) is 103 Å². The van der Waals surface area contributed by atoms with Gasteiger partial charge in [0.05, 0.1) is 11.8 Å². The van der Waals surface area contributed by atoms with Gasteiger partial charge in [0, 0.05) is 52.7 Å². The van der Waals surface area contributed by atoms with E-state index in [1.807, 2.05) is 67.1 Å². The maximum atomic E-state index is 12.4. The number of hydrogen-bond acceptors (Lipinski definition) is 5. The van der Waals surface area contributed by atoms with Crippen LogP contribution in [0.3, 0.4) is 0 Å². The fraction of sp³-hybridized carbons (Fsp3) is 0.0345. The molecule has 0 aliphatic heterocycles. The van der Waals surface area contributed by atoms with Crippen molar-refractivity contribution in [2.45, 2.75) is 6.54 Å². The number of hydrogen-bond donors (Lipinski definition) is 2. The Labute approximate surface area is 207 Å². The van der Waals surface area contributed by atoms with Crippen molar-refractivity contribution in [3.05, 3.63) is 120 Å². The van der Waals surface area contributed by atoms with E-state index < -0.39 is 5.91 Å². The summed E-state index contributed by atoms with van der Waals surface area (Å²) in [6, 6.07) is 26.2. The van der Waals surface area contributed by atoms with Crippen LogP contribution in [0.2, 0.25) is 0 Å². The van der Waals surface area contributed by atoms with E-state index in [9.17, 15) is 9.90 Å². The zero-order valence-corrected chi connectivity index (χ0v) is 19.2. The van der Waals surface area contributed by atoms with Crippen LogP contribution >= 0.6 is 0 Å². The molecular weight excluding hydrogens is 450 g/mol. The lowest BCUT2D eigenvalue weighted by atomic mass is 10.1. The van der Waals surface area contributed by atoms with Crippen LogP contribution in [0.4, 0.5) is 0 Å². The number of pyridine rings is 1. The van der Waals surface area contributed by atoms with Gasteiger partial charge in [0.15, 0.2) is 0 Å². The largest absolute Gasteiger partial charge is 0.507 e. The summed E-state index contributed by atoms with van der Waals surface area (Å²) in [5, 5.41) is 23.7. The standard InChI is InChI=1S/C29H21N5O2/c30-15-24-14-22(9-10-28(24)35)29(36)33-32-18-23-7-4-8-27-26(23)11-12-34(27)19-20-13-25(17-31-16-20)21-5-2-1-3-6-21/h1-14,16-18,35H,19H2,(H,33,36). The number of nitrogens with one attached hydrogen (secondary N) is 1. The first-order valence-electron chi connectivity index (χ1n) is 11.3. The van der Waals surface area contributed by atoms with Gasteiger partial charge in [0.1, 0.15) is 11.8 Å². The Morgan fingerprint density at radius 2 is 1.89 bits per heavy atom. The molecule has 0 saturated heterocycles. The molecule has 5 aromatic rings. The van der Waals surface area contributed by atoms with Gasteiger partial charge in [-0.15, -0.1) is 0 Å². The summed E-state index contributed by atoms with van der Waals surface area (Å²) < 4.78 is 2.15. The molecule has 2 aromatic heterocycles. The number of hydrazone groups is 1. The third-order valence-corrected chi connectivity index (χ3v) is 5.85. The lowest BCUT2D eigenvalue weighted by Gasteiger charge is -2.08. The molecule has 0 radical (unpaired) electrons. The monoisotopic (exact) mass is 471 g/mol. The minimum absolute atomic E-state index is 0.0299. The molecule has 7 heteroatoms. The van der Waals surface area contributed by atoms with E-state index in [4.69, 9.17) is 5.26 Å². The molecule has 7 nitrogen and oxygen atoms in total. The van der Waals surface area contributed by atoms with E-state index in [2.05, 4.69) is 38.3 Å². The van der Waals surface area contributed by atoms with Gasteiger partial charge in [0.2, 0.25) is 0 Å². The van der Waals surface area contributed by atoms with E-state index in [1.165, 1.54) is 18.2 Å². The second-order valence-electron chi connectivity index (χ2n) is 8.21. The number of aromatic nitrogens is 2. The lowest BCUT2D eigenvalue weighted by molar-refractivity contribution is 0.0955. The smallest absolute Gasteiger partial charge is 0.271 e. The zero-order chi connectivity index (χ0) is 24.9. The third-order valence-electron chi connectivity index (χ3n) is 5.85. The van der Waals surface area contributed by atoms with Crippen molar-refractivity contribution in [3.63, 3.8) is 0 Å². The molecule has 0 aliphatic rings. The number of fused-ring (bicyclic) bond motifs is 1. The zero-order valence-electron chi connectivity index (χ0n) is 19.2. The Morgan fingerprint density at radius 1 is 1.03 bits per heavy atom. The van der Waals surface area contributed by atoms with Crippen LogP contribution in [0.25, 0.3) is 22.0 Å². The SMILES string of the molecule is N#Cc1cc(C(=O)NN=Cc2cccc3c2ccn3Cc2cncc(-c3ccccc3)c2)ccc1O. The Bertz CT molecular complexity index is 1630. The second-order valence-corrected chi connectivity index (χ2v) is 8.21. The highest BCUT2D eigenvalue weighted by Crippen LogP contribution is 2.23. The molecule has 5 rings (SSSR count). The summed E-state index contributed by atoms with van der Waals surface area (Å²) >= 11 is 0. The highest BCUT2D eigenvalue weighted by atomic mass is 16.3. The molecule has 0 aliphatic carbocycles. The Hall–Kier alpha value is -5.22. The van der Waals surface area contributed by atoms with Crippen LogP contribution in [0.15, 0.2) is 103 Å². The number of phenolic OH excluding ortho intramolecular Hbond substituents is 1. The van der Waals surface area contributed by atoms with Crippen LogP contribution in [-0.2, 0) is 6.54 Å². The van der Waals surface area contributed by atoms with Crippen molar-refractivity contribution in [1.82, 2.24) is 15.0 Å². The van der Waals surface area contributed by atoms with E-state index in [1.54, 1.807) is 6.21 Å². The van der Waals surface area contributed by atoms with E-state index in [-0.39, 0.29) is 16.9 Å². The molecule has 0 saturated carbocycles. The third kappa shape index (κ3) is 4.69. The van der Waals surface area contributed by atoms with Gasteiger partial charge in [-0.05, 0) is 47.5 Å². The first kappa shape index (κ1) is 22.6. The van der Waals surface area contributed by atoms with Gasteiger partial charge >= 0.3 is 0 Å². The van der Waals surface area contributed by atoms with E-state index >= 15 is 0 Å². The number of amides is 1. The lowest BCUT2D eigenvalue weighted by Crippen LogP contribution is -2.17. The van der Waals surface area contributed by atoms with Gasteiger partial charge in [-0.2, -0.15) is 10.4 Å². The quantitative estimate of drug-likeness (QED) is 0.266. The van der Waals surface area contributed by atoms with Crippen LogP contribution in [0, 0.1) is 11.3 Å². The summed E-state index contributed by atoms with van der Waals surface area (Å²) in [6.45, 7) is 0.663.